The molecule has 4 rings (SSSR count). The summed E-state index contributed by atoms with van der Waals surface area (Å²) in [4.78, 5) is 43.6. The fraction of sp³-hybridized carbons (Fsp3) is 0.200. The van der Waals surface area contributed by atoms with Gasteiger partial charge in [0, 0.05) is 16.6 Å². The summed E-state index contributed by atoms with van der Waals surface area (Å²) in [5, 5.41) is 13.9. The van der Waals surface area contributed by atoms with E-state index in [1.165, 1.54) is 9.95 Å². The molecule has 0 aliphatic heterocycles. The maximum absolute atomic E-state index is 13.6. The molecule has 0 fully saturated rings. The number of aryl methyl sites for hydroxylation is 2. The second-order valence-electron chi connectivity index (χ2n) is 7.74. The van der Waals surface area contributed by atoms with Crippen molar-refractivity contribution in [2.75, 3.05) is 5.32 Å². The zero-order valence-electron chi connectivity index (χ0n) is 18.5. The minimum absolute atomic E-state index is 0.0111. The largest absolute Gasteiger partial charge is 0.478 e. The number of aromatic nitrogens is 2. The molecular formula is C25H23N3O4S. The van der Waals surface area contributed by atoms with E-state index in [-0.39, 0.29) is 16.9 Å². The lowest BCUT2D eigenvalue weighted by Gasteiger charge is -2.21. The van der Waals surface area contributed by atoms with Crippen LogP contribution in [0.1, 0.15) is 41.4 Å². The van der Waals surface area contributed by atoms with Crippen LogP contribution in [0.2, 0.25) is 0 Å². The van der Waals surface area contributed by atoms with E-state index in [0.29, 0.717) is 16.2 Å². The summed E-state index contributed by atoms with van der Waals surface area (Å²) in [6, 6.07) is 14.0. The van der Waals surface area contributed by atoms with Gasteiger partial charge in [-0.15, -0.1) is 11.3 Å². The third kappa shape index (κ3) is 4.05. The van der Waals surface area contributed by atoms with E-state index in [4.69, 9.17) is 0 Å². The smallest absolute Gasteiger partial charge is 0.337 e. The van der Waals surface area contributed by atoms with Crippen molar-refractivity contribution in [1.29, 1.82) is 0 Å². The fourth-order valence-electron chi connectivity index (χ4n) is 3.86. The Balaban J connectivity index is 1.89. The topological polar surface area (TPSA) is 101 Å². The minimum atomic E-state index is -1.20. The Bertz CT molecular complexity index is 1420. The number of carbonyl (C=O) groups excluding carboxylic acids is 1. The summed E-state index contributed by atoms with van der Waals surface area (Å²) in [7, 11) is 0. The molecule has 0 saturated carbocycles. The van der Waals surface area contributed by atoms with Crippen molar-refractivity contribution in [2.45, 2.75) is 33.2 Å². The number of rotatable bonds is 6. The van der Waals surface area contributed by atoms with E-state index < -0.39 is 17.6 Å². The molecular weight excluding hydrogens is 438 g/mol. The van der Waals surface area contributed by atoms with Crippen molar-refractivity contribution in [2.24, 2.45) is 0 Å². The van der Waals surface area contributed by atoms with Gasteiger partial charge < -0.3 is 10.4 Å². The molecule has 1 unspecified atom stereocenters. The van der Waals surface area contributed by atoms with Crippen LogP contribution >= 0.6 is 11.3 Å². The maximum atomic E-state index is 13.6. The van der Waals surface area contributed by atoms with E-state index in [2.05, 4.69) is 10.3 Å². The highest BCUT2D eigenvalue weighted by Crippen LogP contribution is 2.28. The van der Waals surface area contributed by atoms with Gasteiger partial charge in [0.25, 0.3) is 5.56 Å². The number of hydrogen-bond donors (Lipinski definition) is 2. The predicted octanol–water partition coefficient (Wildman–Crippen LogP) is 4.89. The highest BCUT2D eigenvalue weighted by Gasteiger charge is 2.26. The fourth-order valence-corrected chi connectivity index (χ4v) is 4.76. The van der Waals surface area contributed by atoms with Gasteiger partial charge in [0.05, 0.1) is 10.9 Å². The van der Waals surface area contributed by atoms with Gasteiger partial charge in [0.2, 0.25) is 5.91 Å². The first kappa shape index (κ1) is 22.4. The van der Waals surface area contributed by atoms with Crippen LogP contribution in [0, 0.1) is 6.92 Å². The molecule has 0 saturated heterocycles. The first-order chi connectivity index (χ1) is 15.8. The van der Waals surface area contributed by atoms with Crippen LogP contribution < -0.4 is 10.9 Å². The summed E-state index contributed by atoms with van der Waals surface area (Å²) in [6.45, 7) is 5.54. The Hall–Kier alpha value is -3.78. The molecule has 2 aromatic heterocycles. The van der Waals surface area contributed by atoms with E-state index in [1.54, 1.807) is 19.1 Å². The van der Waals surface area contributed by atoms with Crippen LogP contribution in [-0.2, 0) is 11.2 Å². The quantitative estimate of drug-likeness (QED) is 0.426. The molecule has 4 aromatic rings. The Morgan fingerprint density at radius 1 is 1.15 bits per heavy atom. The Kier molecular flexibility index (Phi) is 6.11. The maximum Gasteiger partial charge on any atom is 0.337 e. The van der Waals surface area contributed by atoms with E-state index in [0.717, 1.165) is 34.6 Å². The van der Waals surface area contributed by atoms with Crippen LogP contribution in [0.25, 0.3) is 21.6 Å². The molecule has 8 heteroatoms. The number of nitrogens with zero attached hydrogens (tertiary/aromatic N) is 2. The Morgan fingerprint density at radius 3 is 2.55 bits per heavy atom. The van der Waals surface area contributed by atoms with Gasteiger partial charge in [-0.2, -0.15) is 0 Å². The number of anilines is 1. The molecule has 1 amide bonds. The zero-order chi connectivity index (χ0) is 23.7. The summed E-state index contributed by atoms with van der Waals surface area (Å²) in [5.74, 6) is -1.27. The van der Waals surface area contributed by atoms with Crippen molar-refractivity contribution in [3.05, 3.63) is 81.0 Å². The summed E-state index contributed by atoms with van der Waals surface area (Å²) < 4.78 is 1.29. The number of carboxylic acid groups (broad SMARTS) is 1. The normalized spacial score (nSPS) is 12.0. The third-order valence-electron chi connectivity index (χ3n) is 5.66. The highest BCUT2D eigenvalue weighted by atomic mass is 32.1. The first-order valence-corrected chi connectivity index (χ1v) is 11.4. The number of carboxylic acids is 1. The summed E-state index contributed by atoms with van der Waals surface area (Å²) in [5.41, 5.74) is 2.63. The Labute approximate surface area is 194 Å². The first-order valence-electron chi connectivity index (χ1n) is 10.5. The Morgan fingerprint density at radius 2 is 1.88 bits per heavy atom. The van der Waals surface area contributed by atoms with Crippen LogP contribution in [-0.4, -0.2) is 26.5 Å². The molecule has 0 bridgehead atoms. The lowest BCUT2D eigenvalue weighted by atomic mass is 10.1. The second kappa shape index (κ2) is 8.99. The van der Waals surface area contributed by atoms with Gasteiger partial charge in [-0.05, 0) is 31.4 Å². The van der Waals surface area contributed by atoms with Gasteiger partial charge in [0.15, 0.2) is 0 Å². The molecule has 2 heterocycles. The van der Waals surface area contributed by atoms with Crippen LogP contribution in [0.5, 0.6) is 0 Å². The lowest BCUT2D eigenvalue weighted by molar-refractivity contribution is -0.118. The molecule has 0 radical (unpaired) electrons. The zero-order valence-corrected chi connectivity index (χ0v) is 19.3. The second-order valence-corrected chi connectivity index (χ2v) is 8.60. The summed E-state index contributed by atoms with van der Waals surface area (Å²) in [6.07, 6.45) is 0.741. The van der Waals surface area contributed by atoms with Crippen molar-refractivity contribution < 1.29 is 14.7 Å². The SMILES string of the molecule is CCc1cccc(C)c1NC(=O)C(C)n1c(-c2ccccc2)nc2scc(C(=O)O)c2c1=O. The number of hydrogen-bond acceptors (Lipinski definition) is 5. The molecule has 168 valence electrons. The summed E-state index contributed by atoms with van der Waals surface area (Å²) >= 11 is 1.10. The highest BCUT2D eigenvalue weighted by molar-refractivity contribution is 7.17. The number of fused-ring (bicyclic) bond motifs is 1. The third-order valence-corrected chi connectivity index (χ3v) is 6.53. The lowest BCUT2D eigenvalue weighted by Crippen LogP contribution is -2.34. The van der Waals surface area contributed by atoms with Crippen molar-refractivity contribution in [3.8, 4) is 11.4 Å². The van der Waals surface area contributed by atoms with Crippen LogP contribution in [0.3, 0.4) is 0 Å². The van der Waals surface area contributed by atoms with Crippen molar-refractivity contribution >= 4 is 39.1 Å². The number of nitrogens with one attached hydrogen (secondary N) is 1. The monoisotopic (exact) mass is 461 g/mol. The molecule has 7 nitrogen and oxygen atoms in total. The number of carbonyl (C=O) groups is 2. The number of amides is 1. The molecule has 0 spiro atoms. The van der Waals surface area contributed by atoms with E-state index >= 15 is 0 Å². The number of aromatic carboxylic acids is 1. The van der Waals surface area contributed by atoms with Crippen molar-refractivity contribution in [3.63, 3.8) is 0 Å². The molecule has 1 atom stereocenters. The molecule has 2 N–H and O–H groups in total. The standard InChI is InChI=1S/C25H23N3O4S/c1-4-16-12-8-9-14(2)20(16)26-22(29)15(3)28-21(17-10-6-5-7-11-17)27-23-19(24(28)30)18(13-33-23)25(31)32/h5-13,15H,4H2,1-3H3,(H,26,29)(H,31,32). The van der Waals surface area contributed by atoms with Gasteiger partial charge in [-0.3, -0.25) is 14.2 Å². The van der Waals surface area contributed by atoms with Crippen molar-refractivity contribution in [1.82, 2.24) is 9.55 Å². The predicted molar refractivity (Wildman–Crippen MR) is 130 cm³/mol. The molecule has 2 aromatic carbocycles. The van der Waals surface area contributed by atoms with E-state index in [9.17, 15) is 19.5 Å². The molecule has 0 aliphatic carbocycles. The molecule has 33 heavy (non-hydrogen) atoms. The van der Waals surface area contributed by atoms with Gasteiger partial charge in [-0.1, -0.05) is 55.5 Å². The number of thiophene rings is 1. The average Bonchev–Trinajstić information content (AvgIpc) is 3.25. The van der Waals surface area contributed by atoms with Crippen LogP contribution in [0.15, 0.2) is 58.7 Å². The molecule has 0 aliphatic rings. The van der Waals surface area contributed by atoms with Gasteiger partial charge in [-0.25, -0.2) is 9.78 Å². The number of para-hydroxylation sites is 1. The van der Waals surface area contributed by atoms with Crippen LogP contribution in [0.4, 0.5) is 5.69 Å². The average molecular weight is 462 g/mol. The van der Waals surface area contributed by atoms with Gasteiger partial charge in [0.1, 0.15) is 16.7 Å². The van der Waals surface area contributed by atoms with E-state index in [1.807, 2.05) is 50.2 Å². The minimum Gasteiger partial charge on any atom is -0.478 e. The number of benzene rings is 2. The van der Waals surface area contributed by atoms with Gasteiger partial charge >= 0.3 is 5.97 Å².